The molecule has 3 heterocycles. The zero-order valence-corrected chi connectivity index (χ0v) is 38.4. The van der Waals surface area contributed by atoms with Crippen LogP contribution < -0.4 is 20.4 Å². The van der Waals surface area contributed by atoms with Crippen molar-refractivity contribution >= 4 is 144 Å². The fraction of sp³-hybridized carbons (Fsp3) is 0.256. The minimum Gasteiger partial charge on any atom is -0.396 e. The van der Waals surface area contributed by atoms with Crippen LogP contribution >= 0.6 is 57.6 Å². The normalized spacial score (nSPS) is 12.0. The van der Waals surface area contributed by atoms with E-state index in [9.17, 15) is 18.1 Å². The van der Waals surface area contributed by atoms with Crippen LogP contribution in [0.3, 0.4) is 0 Å². The van der Waals surface area contributed by atoms with Gasteiger partial charge in [-0.3, -0.25) is 4.55 Å². The molecule has 62 heavy (non-hydrogen) atoms. The van der Waals surface area contributed by atoms with Crippen LogP contribution in [0.25, 0.3) is 20.4 Å². The Balaban J connectivity index is 1.26. The van der Waals surface area contributed by atoms with Crippen LogP contribution in [0.4, 0.5) is 56.3 Å². The predicted octanol–water partition coefficient (Wildman–Crippen LogP) is 11.7. The molecule has 7 rings (SSSR count). The van der Waals surface area contributed by atoms with Crippen LogP contribution in [-0.2, 0) is 10.1 Å². The maximum absolute atomic E-state index is 11.8. The predicted molar refractivity (Wildman–Crippen MR) is 252 cm³/mol. The summed E-state index contributed by atoms with van der Waals surface area (Å²) in [4.78, 5) is 27.1. The summed E-state index contributed by atoms with van der Waals surface area (Å²) in [6.45, 7) is 11.2. The third-order valence-electron chi connectivity index (χ3n) is 9.18. The molecule has 0 atom stereocenters. The van der Waals surface area contributed by atoms with E-state index < -0.39 is 15.0 Å². The summed E-state index contributed by atoms with van der Waals surface area (Å²) in [6, 6.07) is 19.5. The molecule has 4 aromatic carbocycles. The first-order valence-electron chi connectivity index (χ1n) is 19.2. The van der Waals surface area contributed by atoms with Crippen LogP contribution in [0.1, 0.15) is 27.7 Å². The molecule has 0 spiro atoms. The lowest BCUT2D eigenvalue weighted by Gasteiger charge is -2.22. The monoisotopic (exact) mass is 951 g/mol. The van der Waals surface area contributed by atoms with E-state index in [1.165, 1.54) is 35.2 Å². The van der Waals surface area contributed by atoms with E-state index >= 15 is 0 Å². The Morgan fingerprint density at radius 2 is 1.21 bits per heavy atom. The molecule has 4 N–H and O–H groups in total. The number of nitrogens with one attached hydrogen (secondary N) is 2. The third kappa shape index (κ3) is 10.7. The lowest BCUT2D eigenvalue weighted by atomic mass is 10.2. The van der Waals surface area contributed by atoms with Crippen LogP contribution in [-0.4, -0.2) is 81.5 Å². The number of nitrogens with zero attached hydrogens (tertiary/aromatic N) is 11. The number of hydrogen-bond acceptors (Lipinski definition) is 19. The van der Waals surface area contributed by atoms with E-state index in [1.54, 1.807) is 12.1 Å². The molecule has 17 nitrogen and oxygen atoms in total. The Morgan fingerprint density at radius 1 is 0.677 bits per heavy atom. The Morgan fingerprint density at radius 3 is 1.73 bits per heavy atom. The molecule has 322 valence electrons. The molecule has 3 aromatic heterocycles. The summed E-state index contributed by atoms with van der Waals surface area (Å²) in [5, 5.41) is 35.9. The van der Waals surface area contributed by atoms with Gasteiger partial charge >= 0.3 is 0 Å². The number of aliphatic hydroxyl groups excluding tert-OH is 1. The van der Waals surface area contributed by atoms with Crippen molar-refractivity contribution in [3.05, 3.63) is 76.8 Å². The van der Waals surface area contributed by atoms with Crippen molar-refractivity contribution in [1.29, 1.82) is 0 Å². The molecule has 0 bridgehead atoms. The molecule has 23 heteroatoms. The molecule has 0 amide bonds. The van der Waals surface area contributed by atoms with Crippen molar-refractivity contribution in [3.63, 3.8) is 0 Å². The molecule has 0 radical (unpaired) electrons. The second-order valence-electron chi connectivity index (χ2n) is 13.1. The first-order chi connectivity index (χ1) is 29.9. The fourth-order valence-electron chi connectivity index (χ4n) is 6.18. The number of fused-ring (bicyclic) bond motifs is 2. The van der Waals surface area contributed by atoms with Crippen molar-refractivity contribution in [2.45, 2.75) is 37.7 Å². The van der Waals surface area contributed by atoms with Gasteiger partial charge in [0.1, 0.15) is 16.3 Å². The maximum Gasteiger partial charge on any atom is 0.296 e. The van der Waals surface area contributed by atoms with E-state index in [0.717, 1.165) is 59.1 Å². The minimum atomic E-state index is -4.56. The lowest BCUT2D eigenvalue weighted by Crippen LogP contribution is -2.21. The Hall–Kier alpha value is -5.13. The molecule has 0 saturated heterocycles. The van der Waals surface area contributed by atoms with Crippen molar-refractivity contribution < 1.29 is 18.1 Å². The van der Waals surface area contributed by atoms with Gasteiger partial charge in [-0.2, -0.15) is 23.4 Å². The van der Waals surface area contributed by atoms with E-state index in [0.29, 0.717) is 48.5 Å². The second-order valence-corrected chi connectivity index (χ2v) is 18.4. The highest BCUT2D eigenvalue weighted by Gasteiger charge is 2.19. The highest BCUT2D eigenvalue weighted by molar-refractivity contribution is 7.99. The number of azo groups is 2. The van der Waals surface area contributed by atoms with Crippen LogP contribution in [0.15, 0.2) is 97.2 Å². The average molecular weight is 953 g/mol. The highest BCUT2D eigenvalue weighted by Crippen LogP contribution is 2.39. The number of aliphatic hydroxyl groups is 1. The number of thiazole rings is 2. The summed E-state index contributed by atoms with van der Waals surface area (Å²) in [7, 11) is -4.56. The maximum atomic E-state index is 11.8. The Bertz CT molecular complexity index is 2910. The quantitative estimate of drug-likeness (QED) is 0.0357. The van der Waals surface area contributed by atoms with Gasteiger partial charge in [-0.05, 0) is 94.4 Å². The third-order valence-corrected chi connectivity index (χ3v) is 13.4. The number of thioether (sulfide) groups is 1. The molecule has 0 fully saturated rings. The van der Waals surface area contributed by atoms with Gasteiger partial charge in [0.05, 0.1) is 43.4 Å². The van der Waals surface area contributed by atoms with E-state index in [4.69, 9.17) is 28.2 Å². The van der Waals surface area contributed by atoms with Crippen LogP contribution in [0, 0.1) is 0 Å². The Labute approximate surface area is 379 Å². The van der Waals surface area contributed by atoms with Crippen molar-refractivity contribution in [2.75, 3.05) is 59.0 Å². The largest absolute Gasteiger partial charge is 0.396 e. The highest BCUT2D eigenvalue weighted by atomic mass is 35.5. The summed E-state index contributed by atoms with van der Waals surface area (Å²) in [5.41, 5.74) is 4.94. The van der Waals surface area contributed by atoms with Crippen LogP contribution in [0.2, 0.25) is 10.0 Å². The van der Waals surface area contributed by atoms with Gasteiger partial charge in [0.25, 0.3) is 10.1 Å². The average Bonchev–Trinajstić information content (AvgIpc) is 3.85. The van der Waals surface area contributed by atoms with Crippen molar-refractivity contribution in [1.82, 2.24) is 24.9 Å². The SMILES string of the molecule is CCN(CC)c1ccc(/N=N/c2nc3ccc(Cl)cc3s2)c(Nc2nc(Nc3cc(N(CC)CC)ccc3/N=N/c3nc4cc(S(=O)(=O)O)c(Cl)cc4s3)nc(SCCO)n2)c1. The standard InChI is InChI=1S/C39H39Cl2N13O4S4/c1-5-53(6-2)23-10-13-26(49-51-38-44-28-12-9-22(40)17-32(28)60-38)29(18-23)42-35-46-36(48-37(47-35)59-16-15-55)43-30-19-24(54(7-3)8-4)11-14-27(30)50-52-39-45-31-21-34(62(56,57)58)25(41)20-33(31)61-39/h9-14,17-21,55H,5-8,15-16H2,1-4H3,(H,56,57,58)(H2,42,43,46,47,48)/b51-49+,52-50+. The fourth-order valence-corrected chi connectivity index (χ4v) is 9.72. The molecular formula is C39H39Cl2N13O4S4. The molecule has 7 aromatic rings. The smallest absolute Gasteiger partial charge is 0.296 e. The summed E-state index contributed by atoms with van der Waals surface area (Å²) in [6.07, 6.45) is 0. The van der Waals surface area contributed by atoms with Gasteiger partial charge in [-0.1, -0.05) is 57.6 Å². The molecule has 0 aliphatic carbocycles. The molecule has 0 aliphatic rings. The molecular weight excluding hydrogens is 914 g/mol. The van der Waals surface area contributed by atoms with Gasteiger partial charge < -0.3 is 25.5 Å². The van der Waals surface area contributed by atoms with Gasteiger partial charge in [-0.15, -0.1) is 20.5 Å². The molecule has 0 unspecified atom stereocenters. The number of aromatic nitrogens is 5. The Kier molecular flexibility index (Phi) is 14.4. The first kappa shape index (κ1) is 44.9. The lowest BCUT2D eigenvalue weighted by molar-refractivity contribution is 0.322. The number of anilines is 6. The van der Waals surface area contributed by atoms with Crippen molar-refractivity contribution in [3.8, 4) is 0 Å². The van der Waals surface area contributed by atoms with Gasteiger partial charge in [0.15, 0.2) is 5.16 Å². The number of rotatable bonds is 18. The first-order valence-corrected chi connectivity index (χ1v) is 24.0. The van der Waals surface area contributed by atoms with E-state index in [1.807, 2.05) is 42.5 Å². The number of hydrogen-bond donors (Lipinski definition) is 4. The summed E-state index contributed by atoms with van der Waals surface area (Å²) in [5.74, 6) is 0.717. The number of halogens is 2. The zero-order chi connectivity index (χ0) is 44.0. The summed E-state index contributed by atoms with van der Waals surface area (Å²) < 4.78 is 34.7. The van der Waals surface area contributed by atoms with Gasteiger partial charge in [0.2, 0.25) is 22.2 Å². The van der Waals surface area contributed by atoms with E-state index in [-0.39, 0.29) is 34.2 Å². The topological polar surface area (TPSA) is 219 Å². The zero-order valence-electron chi connectivity index (χ0n) is 33.6. The van der Waals surface area contributed by atoms with E-state index in [2.05, 4.69) is 88.5 Å². The molecule has 0 saturated carbocycles. The van der Waals surface area contributed by atoms with Gasteiger partial charge in [-0.25, -0.2) is 9.97 Å². The number of benzene rings is 4. The molecule has 0 aliphatic heterocycles. The second kappa shape index (κ2) is 19.9. The van der Waals surface area contributed by atoms with Crippen molar-refractivity contribution in [2.24, 2.45) is 20.5 Å². The summed E-state index contributed by atoms with van der Waals surface area (Å²) >= 11 is 16.1. The van der Waals surface area contributed by atoms with Crippen LogP contribution in [0.5, 0.6) is 0 Å². The van der Waals surface area contributed by atoms with Gasteiger partial charge in [0, 0.05) is 48.3 Å². The minimum absolute atomic E-state index is 0.0954.